The van der Waals surface area contributed by atoms with Gasteiger partial charge in [0.05, 0.1) is 0 Å². The Hall–Kier alpha value is -1.09. The lowest BCUT2D eigenvalue weighted by Gasteiger charge is -2.08. The lowest BCUT2D eigenvalue weighted by atomic mass is 10.1. The van der Waals surface area contributed by atoms with E-state index in [1.807, 2.05) is 30.6 Å². The van der Waals surface area contributed by atoms with Crippen LogP contribution >= 0.6 is 23.2 Å². The van der Waals surface area contributed by atoms with Crippen LogP contribution in [-0.4, -0.2) is 11.5 Å². The molecule has 0 aliphatic heterocycles. The summed E-state index contributed by atoms with van der Waals surface area (Å²) < 4.78 is 0. The van der Waals surface area contributed by atoms with E-state index in [0.29, 0.717) is 5.02 Å². The smallest absolute Gasteiger partial charge is 0.0453 e. The Morgan fingerprint density at radius 1 is 1.16 bits per heavy atom. The van der Waals surface area contributed by atoms with E-state index in [1.165, 1.54) is 11.1 Å². The second kappa shape index (κ2) is 6.90. The summed E-state index contributed by atoms with van der Waals surface area (Å²) in [5, 5.41) is 4.80. The second-order valence-corrected chi connectivity index (χ2v) is 5.31. The monoisotopic (exact) mass is 294 g/mol. The fourth-order valence-electron chi connectivity index (χ4n) is 1.85. The molecule has 0 amide bonds. The molecule has 0 aliphatic rings. The summed E-state index contributed by atoms with van der Waals surface area (Å²) in [4.78, 5) is 4.13. The molecule has 100 valence electrons. The Morgan fingerprint density at radius 2 is 2.00 bits per heavy atom. The third kappa shape index (κ3) is 4.20. The van der Waals surface area contributed by atoms with Crippen LogP contribution in [0.5, 0.6) is 0 Å². The van der Waals surface area contributed by atoms with Crippen LogP contribution in [0.25, 0.3) is 0 Å². The van der Waals surface area contributed by atoms with Crippen LogP contribution in [-0.2, 0) is 13.0 Å². The number of nitrogens with zero attached hydrogens (tertiary/aromatic N) is 1. The van der Waals surface area contributed by atoms with E-state index in [4.69, 9.17) is 23.2 Å². The average molecular weight is 295 g/mol. The lowest BCUT2D eigenvalue weighted by Crippen LogP contribution is -2.17. The molecule has 1 N–H and O–H groups in total. The van der Waals surface area contributed by atoms with Gasteiger partial charge in [0.2, 0.25) is 0 Å². The maximum Gasteiger partial charge on any atom is 0.0453 e. The summed E-state index contributed by atoms with van der Waals surface area (Å²) in [5.74, 6) is 0. The molecule has 0 atom stereocenters. The summed E-state index contributed by atoms with van der Waals surface area (Å²) in [6.07, 6.45) is 4.60. The van der Waals surface area contributed by atoms with Gasteiger partial charge < -0.3 is 5.32 Å². The van der Waals surface area contributed by atoms with E-state index in [1.54, 1.807) is 6.07 Å². The molecule has 0 spiro atoms. The van der Waals surface area contributed by atoms with Gasteiger partial charge >= 0.3 is 0 Å². The molecule has 0 fully saturated rings. The third-order valence-corrected chi connectivity index (χ3v) is 3.64. The molecule has 1 heterocycles. The van der Waals surface area contributed by atoms with Gasteiger partial charge in [0.25, 0.3) is 0 Å². The second-order valence-electron chi connectivity index (χ2n) is 4.46. The number of aromatic nitrogens is 1. The van der Waals surface area contributed by atoms with Gasteiger partial charge in [-0.25, -0.2) is 0 Å². The molecule has 4 heteroatoms. The molecule has 19 heavy (non-hydrogen) atoms. The minimum atomic E-state index is 0.674. The summed E-state index contributed by atoms with van der Waals surface area (Å²) >= 11 is 12.0. The zero-order chi connectivity index (χ0) is 13.7. The molecule has 2 aromatic rings. The van der Waals surface area contributed by atoms with Gasteiger partial charge in [0, 0.05) is 29.0 Å². The van der Waals surface area contributed by atoms with Gasteiger partial charge in [0.15, 0.2) is 0 Å². The molecular weight excluding hydrogens is 279 g/mol. The van der Waals surface area contributed by atoms with Gasteiger partial charge in [-0.3, -0.25) is 4.98 Å². The number of nitrogens with one attached hydrogen (secondary N) is 1. The van der Waals surface area contributed by atoms with Crippen molar-refractivity contribution in [3.8, 4) is 0 Å². The van der Waals surface area contributed by atoms with Gasteiger partial charge in [-0.2, -0.15) is 0 Å². The summed E-state index contributed by atoms with van der Waals surface area (Å²) in [7, 11) is 0. The number of benzene rings is 1. The number of aryl methyl sites for hydroxylation is 1. The summed E-state index contributed by atoms with van der Waals surface area (Å²) in [6.45, 7) is 3.79. The molecule has 2 rings (SSSR count). The molecule has 0 saturated heterocycles. The van der Waals surface area contributed by atoms with Crippen LogP contribution in [0.3, 0.4) is 0 Å². The highest BCUT2D eigenvalue weighted by molar-refractivity contribution is 6.35. The van der Waals surface area contributed by atoms with E-state index in [0.717, 1.165) is 30.1 Å². The fourth-order valence-corrected chi connectivity index (χ4v) is 2.36. The SMILES string of the molecule is Cc1ccncc1CNCCc1ccc(Cl)cc1Cl. The number of halogens is 2. The fraction of sp³-hybridized carbons (Fsp3) is 0.267. The first-order valence-corrected chi connectivity index (χ1v) is 6.96. The zero-order valence-electron chi connectivity index (χ0n) is 10.8. The number of hydrogen-bond acceptors (Lipinski definition) is 2. The number of pyridine rings is 1. The Labute approximate surface area is 123 Å². The van der Waals surface area contributed by atoms with Crippen LogP contribution in [0.2, 0.25) is 10.0 Å². The van der Waals surface area contributed by atoms with E-state index in [9.17, 15) is 0 Å². The molecule has 0 unspecified atom stereocenters. The molecular formula is C15H16Cl2N2. The summed E-state index contributed by atoms with van der Waals surface area (Å²) in [6, 6.07) is 7.65. The Balaban J connectivity index is 1.83. The molecule has 0 saturated carbocycles. The maximum atomic E-state index is 6.13. The van der Waals surface area contributed by atoms with E-state index < -0.39 is 0 Å². The topological polar surface area (TPSA) is 24.9 Å². The van der Waals surface area contributed by atoms with Crippen molar-refractivity contribution in [2.45, 2.75) is 19.9 Å². The van der Waals surface area contributed by atoms with Crippen molar-refractivity contribution in [2.24, 2.45) is 0 Å². The number of hydrogen-bond donors (Lipinski definition) is 1. The third-order valence-electron chi connectivity index (χ3n) is 3.05. The van der Waals surface area contributed by atoms with Crippen molar-refractivity contribution in [3.05, 3.63) is 63.4 Å². The van der Waals surface area contributed by atoms with Crippen LogP contribution in [0.1, 0.15) is 16.7 Å². The minimum absolute atomic E-state index is 0.674. The van der Waals surface area contributed by atoms with Gasteiger partial charge in [-0.05, 0) is 54.8 Å². The van der Waals surface area contributed by atoms with Crippen molar-refractivity contribution in [2.75, 3.05) is 6.54 Å². The minimum Gasteiger partial charge on any atom is -0.312 e. The molecule has 0 radical (unpaired) electrons. The largest absolute Gasteiger partial charge is 0.312 e. The standard InChI is InChI=1S/C15H16Cl2N2/c1-11-4-6-18-9-13(11)10-19-7-5-12-2-3-14(16)8-15(12)17/h2-4,6,8-9,19H,5,7,10H2,1H3. The van der Waals surface area contributed by atoms with E-state index in [2.05, 4.69) is 17.2 Å². The highest BCUT2D eigenvalue weighted by Crippen LogP contribution is 2.21. The first kappa shape index (κ1) is 14.3. The molecule has 0 aliphatic carbocycles. The van der Waals surface area contributed by atoms with Crippen molar-refractivity contribution in [1.82, 2.24) is 10.3 Å². The first-order valence-electron chi connectivity index (χ1n) is 6.21. The van der Waals surface area contributed by atoms with Gasteiger partial charge in [0.1, 0.15) is 0 Å². The highest BCUT2D eigenvalue weighted by atomic mass is 35.5. The van der Waals surface area contributed by atoms with Crippen molar-refractivity contribution < 1.29 is 0 Å². The van der Waals surface area contributed by atoms with Crippen LogP contribution in [0.4, 0.5) is 0 Å². The molecule has 0 bridgehead atoms. The van der Waals surface area contributed by atoms with E-state index in [-0.39, 0.29) is 0 Å². The lowest BCUT2D eigenvalue weighted by molar-refractivity contribution is 0.683. The molecule has 2 nitrogen and oxygen atoms in total. The van der Waals surface area contributed by atoms with Crippen molar-refractivity contribution in [3.63, 3.8) is 0 Å². The van der Waals surface area contributed by atoms with Crippen LogP contribution in [0, 0.1) is 6.92 Å². The predicted molar refractivity (Wildman–Crippen MR) is 80.8 cm³/mol. The van der Waals surface area contributed by atoms with Crippen LogP contribution in [0.15, 0.2) is 36.7 Å². The van der Waals surface area contributed by atoms with E-state index >= 15 is 0 Å². The zero-order valence-corrected chi connectivity index (χ0v) is 12.3. The molecule has 1 aromatic carbocycles. The van der Waals surface area contributed by atoms with Crippen molar-refractivity contribution in [1.29, 1.82) is 0 Å². The predicted octanol–water partition coefficient (Wildman–Crippen LogP) is 4.03. The summed E-state index contributed by atoms with van der Waals surface area (Å²) in [5.41, 5.74) is 3.60. The van der Waals surface area contributed by atoms with Crippen molar-refractivity contribution >= 4 is 23.2 Å². The van der Waals surface area contributed by atoms with Crippen LogP contribution < -0.4 is 5.32 Å². The average Bonchev–Trinajstić information content (AvgIpc) is 2.38. The molecule has 1 aromatic heterocycles. The number of rotatable bonds is 5. The Bertz CT molecular complexity index is 556. The Morgan fingerprint density at radius 3 is 2.74 bits per heavy atom. The normalized spacial score (nSPS) is 10.7. The quantitative estimate of drug-likeness (QED) is 0.842. The Kier molecular flexibility index (Phi) is 5.20. The first-order chi connectivity index (χ1) is 9.16. The van der Waals surface area contributed by atoms with Gasteiger partial charge in [-0.1, -0.05) is 29.3 Å². The van der Waals surface area contributed by atoms with Gasteiger partial charge in [-0.15, -0.1) is 0 Å². The maximum absolute atomic E-state index is 6.13. The highest BCUT2D eigenvalue weighted by Gasteiger charge is 2.01.